The van der Waals surface area contributed by atoms with E-state index in [1.165, 1.54) is 11.1 Å². The lowest BCUT2D eigenvalue weighted by Crippen LogP contribution is -2.61. The van der Waals surface area contributed by atoms with E-state index in [-0.39, 0.29) is 12.0 Å². The molecular weight excluding hydrogens is 354 g/mol. The van der Waals surface area contributed by atoms with Gasteiger partial charge < -0.3 is 20.7 Å². The Balaban J connectivity index is 1.49. The summed E-state index contributed by atoms with van der Waals surface area (Å²) in [6.45, 7) is 7.26. The molecular formula is C22H33N3O3. The zero-order valence-electron chi connectivity index (χ0n) is 17.3. The van der Waals surface area contributed by atoms with Gasteiger partial charge in [-0.1, -0.05) is 24.3 Å². The number of carbonyl (C=O) groups is 2. The number of hydrogen-bond acceptors (Lipinski definition) is 4. The number of nitrogens with two attached hydrogens (primary N) is 1. The molecule has 1 fully saturated rings. The van der Waals surface area contributed by atoms with Crippen molar-refractivity contribution in [2.24, 2.45) is 11.7 Å². The molecule has 1 saturated heterocycles. The average Bonchev–Trinajstić information content (AvgIpc) is 3.03. The highest BCUT2D eigenvalue weighted by Gasteiger charge is 2.41. The highest BCUT2D eigenvalue weighted by atomic mass is 16.6. The van der Waals surface area contributed by atoms with E-state index >= 15 is 0 Å². The van der Waals surface area contributed by atoms with Gasteiger partial charge in [-0.3, -0.25) is 4.79 Å². The third kappa shape index (κ3) is 4.85. The second-order valence-corrected chi connectivity index (χ2v) is 9.17. The fraction of sp³-hybridized carbons (Fsp3) is 0.636. The summed E-state index contributed by atoms with van der Waals surface area (Å²) in [5.41, 5.74) is 7.39. The van der Waals surface area contributed by atoms with E-state index in [1.807, 2.05) is 20.8 Å². The number of benzene rings is 1. The third-order valence-electron chi connectivity index (χ3n) is 5.89. The van der Waals surface area contributed by atoms with E-state index in [0.717, 1.165) is 25.8 Å². The minimum absolute atomic E-state index is 0.325. The van der Waals surface area contributed by atoms with Gasteiger partial charge >= 0.3 is 6.09 Å². The van der Waals surface area contributed by atoms with E-state index in [0.29, 0.717) is 31.8 Å². The largest absolute Gasteiger partial charge is 0.444 e. The number of carbonyl (C=O) groups excluding carboxylic acids is 2. The molecule has 3 N–H and O–H groups in total. The molecule has 0 unspecified atom stereocenters. The van der Waals surface area contributed by atoms with Crippen LogP contribution in [0.2, 0.25) is 0 Å². The Kier molecular flexibility index (Phi) is 5.98. The van der Waals surface area contributed by atoms with E-state index in [2.05, 4.69) is 29.6 Å². The van der Waals surface area contributed by atoms with E-state index in [1.54, 1.807) is 4.90 Å². The smallest absolute Gasteiger partial charge is 0.410 e. The molecule has 1 aliphatic heterocycles. The molecule has 154 valence electrons. The second-order valence-electron chi connectivity index (χ2n) is 9.17. The summed E-state index contributed by atoms with van der Waals surface area (Å²) in [5.74, 6) is 0.280. The van der Waals surface area contributed by atoms with Crippen molar-refractivity contribution >= 4 is 12.0 Å². The predicted molar refractivity (Wildman–Crippen MR) is 109 cm³/mol. The third-order valence-corrected chi connectivity index (χ3v) is 5.89. The molecule has 0 saturated carbocycles. The van der Waals surface area contributed by atoms with Crippen LogP contribution in [0, 0.1) is 5.92 Å². The molecule has 6 nitrogen and oxygen atoms in total. The monoisotopic (exact) mass is 387 g/mol. The Bertz CT molecular complexity index is 693. The topological polar surface area (TPSA) is 84.7 Å². The number of piperidine rings is 1. The number of nitrogens with zero attached hydrogens (tertiary/aromatic N) is 1. The first-order valence-corrected chi connectivity index (χ1v) is 10.3. The van der Waals surface area contributed by atoms with Gasteiger partial charge in [-0.25, -0.2) is 4.79 Å². The first-order valence-electron chi connectivity index (χ1n) is 10.3. The Morgan fingerprint density at radius 3 is 2.25 bits per heavy atom. The molecule has 6 heteroatoms. The fourth-order valence-electron chi connectivity index (χ4n) is 4.28. The number of hydrogen-bond donors (Lipinski definition) is 2. The van der Waals surface area contributed by atoms with Crippen molar-refractivity contribution in [2.45, 2.75) is 64.0 Å². The Labute approximate surface area is 167 Å². The molecule has 2 amide bonds. The van der Waals surface area contributed by atoms with Gasteiger partial charge in [-0.05, 0) is 76.5 Å². The van der Waals surface area contributed by atoms with Crippen molar-refractivity contribution < 1.29 is 14.3 Å². The minimum atomic E-state index is -0.732. The molecule has 1 aliphatic carbocycles. The number of ether oxygens (including phenoxy) is 1. The van der Waals surface area contributed by atoms with Crippen LogP contribution in [0.15, 0.2) is 24.3 Å². The van der Waals surface area contributed by atoms with Crippen molar-refractivity contribution in [1.29, 1.82) is 0 Å². The SMILES string of the molecule is CC(C)(C)OC(=O)N1CCC(NCCC2Cc3ccccc3C2)(C(N)=O)CC1. The number of fused-ring (bicyclic) bond motifs is 1. The standard InChI is InChI=1S/C22H33N3O3/c1-21(2,3)28-20(27)25-12-9-22(10-13-25,19(23)26)24-11-8-16-14-17-6-4-5-7-18(17)15-16/h4-7,16,24H,8-15H2,1-3H3,(H2,23,26). The maximum atomic E-state index is 12.3. The number of rotatable bonds is 5. The van der Waals surface area contributed by atoms with Gasteiger partial charge in [-0.2, -0.15) is 0 Å². The van der Waals surface area contributed by atoms with Gasteiger partial charge in [0.05, 0.1) is 0 Å². The molecule has 3 rings (SSSR count). The molecule has 0 spiro atoms. The Morgan fingerprint density at radius 2 is 1.75 bits per heavy atom. The summed E-state index contributed by atoms with van der Waals surface area (Å²) in [7, 11) is 0. The fourth-order valence-corrected chi connectivity index (χ4v) is 4.28. The normalized spacial score (nSPS) is 19.3. The van der Waals surface area contributed by atoms with Gasteiger partial charge in [-0.15, -0.1) is 0 Å². The predicted octanol–water partition coefficient (Wildman–Crippen LogP) is 2.64. The molecule has 0 bridgehead atoms. The van der Waals surface area contributed by atoms with Crippen LogP contribution in [0.1, 0.15) is 51.2 Å². The summed E-state index contributed by atoms with van der Waals surface area (Å²) in [6, 6.07) is 8.61. The number of amides is 2. The van der Waals surface area contributed by atoms with Gasteiger partial charge in [0.2, 0.25) is 5.91 Å². The first-order chi connectivity index (χ1) is 13.2. The second kappa shape index (κ2) is 8.11. The van der Waals surface area contributed by atoms with Crippen molar-refractivity contribution in [3.05, 3.63) is 35.4 Å². The van der Waals surface area contributed by atoms with Gasteiger partial charge in [0.1, 0.15) is 11.1 Å². The highest BCUT2D eigenvalue weighted by molar-refractivity contribution is 5.85. The number of likely N-dealkylation sites (tertiary alicyclic amines) is 1. The summed E-state index contributed by atoms with van der Waals surface area (Å²) in [6.07, 6.45) is 3.94. The molecule has 1 aromatic rings. The lowest BCUT2D eigenvalue weighted by atomic mass is 9.86. The minimum Gasteiger partial charge on any atom is -0.444 e. The maximum absolute atomic E-state index is 12.3. The zero-order valence-corrected chi connectivity index (χ0v) is 17.3. The van der Waals surface area contributed by atoms with Crippen LogP contribution in [-0.2, 0) is 22.4 Å². The quantitative estimate of drug-likeness (QED) is 0.813. The maximum Gasteiger partial charge on any atom is 0.410 e. The number of primary amides is 1. The van der Waals surface area contributed by atoms with Crippen molar-refractivity contribution in [2.75, 3.05) is 19.6 Å². The van der Waals surface area contributed by atoms with Crippen molar-refractivity contribution in [3.63, 3.8) is 0 Å². The lowest BCUT2D eigenvalue weighted by Gasteiger charge is -2.40. The first kappa shape index (κ1) is 20.6. The Morgan fingerprint density at radius 1 is 1.18 bits per heavy atom. The molecule has 0 aromatic heterocycles. The summed E-state index contributed by atoms with van der Waals surface area (Å²) < 4.78 is 5.44. The van der Waals surface area contributed by atoms with Crippen LogP contribution in [0.25, 0.3) is 0 Å². The molecule has 0 atom stereocenters. The van der Waals surface area contributed by atoms with Crippen LogP contribution >= 0.6 is 0 Å². The van der Waals surface area contributed by atoms with E-state index in [9.17, 15) is 9.59 Å². The zero-order chi connectivity index (χ0) is 20.4. The van der Waals surface area contributed by atoms with Crippen LogP contribution in [0.5, 0.6) is 0 Å². The van der Waals surface area contributed by atoms with Gasteiger partial charge in [0.15, 0.2) is 0 Å². The highest BCUT2D eigenvalue weighted by Crippen LogP contribution is 2.29. The average molecular weight is 388 g/mol. The van der Waals surface area contributed by atoms with E-state index < -0.39 is 11.1 Å². The summed E-state index contributed by atoms with van der Waals surface area (Å²) in [5, 5.41) is 3.44. The van der Waals surface area contributed by atoms with Crippen LogP contribution < -0.4 is 11.1 Å². The lowest BCUT2D eigenvalue weighted by molar-refractivity contribution is -0.126. The molecule has 28 heavy (non-hydrogen) atoms. The van der Waals surface area contributed by atoms with Crippen LogP contribution in [-0.4, -0.2) is 47.7 Å². The van der Waals surface area contributed by atoms with Crippen molar-refractivity contribution in [1.82, 2.24) is 10.2 Å². The number of nitrogens with one attached hydrogen (secondary N) is 1. The molecule has 1 heterocycles. The Hall–Kier alpha value is -2.08. The van der Waals surface area contributed by atoms with Gasteiger partial charge in [0, 0.05) is 13.1 Å². The van der Waals surface area contributed by atoms with Crippen molar-refractivity contribution in [3.8, 4) is 0 Å². The summed E-state index contributed by atoms with van der Waals surface area (Å²) >= 11 is 0. The summed E-state index contributed by atoms with van der Waals surface area (Å²) in [4.78, 5) is 26.1. The molecule has 1 aromatic carbocycles. The van der Waals surface area contributed by atoms with Gasteiger partial charge in [0.25, 0.3) is 0 Å². The van der Waals surface area contributed by atoms with Crippen LogP contribution in [0.4, 0.5) is 4.79 Å². The van der Waals surface area contributed by atoms with E-state index in [4.69, 9.17) is 10.5 Å². The molecule has 0 radical (unpaired) electrons. The molecule has 2 aliphatic rings. The van der Waals surface area contributed by atoms with Crippen LogP contribution in [0.3, 0.4) is 0 Å².